The molecular weight excluding hydrogens is 511 g/mol. The van der Waals surface area contributed by atoms with Gasteiger partial charge in [-0.15, -0.1) is 5.52 Å². The van der Waals surface area contributed by atoms with Crippen LogP contribution >= 0.6 is 47.8 Å². The van der Waals surface area contributed by atoms with Gasteiger partial charge in [-0.05, 0) is 54.9 Å². The molecule has 0 aliphatic rings. The van der Waals surface area contributed by atoms with E-state index in [9.17, 15) is 0 Å². The van der Waals surface area contributed by atoms with Crippen molar-refractivity contribution in [2.45, 2.75) is 0 Å². The first-order valence-corrected chi connectivity index (χ1v) is 8.22. The molecular formula is C15H8Br3CuN2. The molecule has 1 heterocycles. The van der Waals surface area contributed by atoms with Gasteiger partial charge >= 0.3 is 17.1 Å². The van der Waals surface area contributed by atoms with Crippen molar-refractivity contribution in [2.75, 3.05) is 0 Å². The van der Waals surface area contributed by atoms with Crippen LogP contribution in [0, 0.1) is 0 Å². The SMILES string of the molecule is Brc1cc(Br)c(N=Cc2cccc3cc[n-]c23)c(Br)c1.[Cu+]. The van der Waals surface area contributed by atoms with E-state index < -0.39 is 0 Å². The Morgan fingerprint density at radius 3 is 2.43 bits per heavy atom. The normalized spacial score (nSPS) is 11.0. The third-order valence-corrected chi connectivity index (χ3v) is 4.54. The molecule has 0 fully saturated rings. The van der Waals surface area contributed by atoms with Crippen molar-refractivity contribution >= 4 is 70.6 Å². The van der Waals surface area contributed by atoms with Crippen molar-refractivity contribution in [3.63, 3.8) is 0 Å². The number of rotatable bonds is 2. The smallest absolute Gasteiger partial charge is 0.663 e. The molecule has 110 valence electrons. The maximum absolute atomic E-state index is 4.57. The van der Waals surface area contributed by atoms with Crippen LogP contribution in [0.2, 0.25) is 0 Å². The molecule has 1 aromatic heterocycles. The summed E-state index contributed by atoms with van der Waals surface area (Å²) in [6, 6.07) is 12.0. The minimum atomic E-state index is 0. The Hall–Kier alpha value is -0.391. The molecule has 21 heavy (non-hydrogen) atoms. The first kappa shape index (κ1) is 17.0. The van der Waals surface area contributed by atoms with Gasteiger partial charge in [0.2, 0.25) is 0 Å². The van der Waals surface area contributed by atoms with Crippen molar-refractivity contribution in [3.05, 3.63) is 61.6 Å². The number of hydrogen-bond donors (Lipinski definition) is 0. The summed E-state index contributed by atoms with van der Waals surface area (Å²) in [5.41, 5.74) is 2.84. The molecule has 6 heteroatoms. The standard InChI is InChI=1S/C15H8Br3N2.Cu/c16-11-6-12(17)15(13(18)7-11)20-8-10-3-1-2-9-4-5-19-14(9)10;/h1-8H;/q-1;+1. The third kappa shape index (κ3) is 3.69. The van der Waals surface area contributed by atoms with Gasteiger partial charge in [0, 0.05) is 19.6 Å². The van der Waals surface area contributed by atoms with Gasteiger partial charge in [-0.3, -0.25) is 4.99 Å². The Kier molecular flexibility index (Phi) is 5.86. The number of hydrogen-bond acceptors (Lipinski definition) is 1. The van der Waals surface area contributed by atoms with E-state index in [-0.39, 0.29) is 17.1 Å². The monoisotopic (exact) mass is 516 g/mol. The van der Waals surface area contributed by atoms with E-state index in [1.54, 1.807) is 0 Å². The molecule has 0 radical (unpaired) electrons. The number of para-hydroxylation sites is 1. The zero-order valence-corrected chi connectivity index (χ0v) is 16.1. The molecule has 0 saturated heterocycles. The van der Waals surface area contributed by atoms with Gasteiger partial charge in [0.15, 0.2) is 0 Å². The second-order valence-corrected chi connectivity index (χ2v) is 6.83. The summed E-state index contributed by atoms with van der Waals surface area (Å²) in [4.78, 5) is 8.93. The van der Waals surface area contributed by atoms with Gasteiger partial charge < -0.3 is 4.98 Å². The summed E-state index contributed by atoms with van der Waals surface area (Å²) in [5, 5.41) is 1.13. The van der Waals surface area contributed by atoms with Crippen LogP contribution < -0.4 is 4.98 Å². The Morgan fingerprint density at radius 1 is 1.00 bits per heavy atom. The maximum Gasteiger partial charge on any atom is 1.00 e. The van der Waals surface area contributed by atoms with Gasteiger partial charge in [-0.2, -0.15) is 6.20 Å². The molecule has 0 atom stereocenters. The predicted molar refractivity (Wildman–Crippen MR) is 94.1 cm³/mol. The number of benzene rings is 2. The number of aromatic nitrogens is 1. The Balaban J connectivity index is 0.00000161. The summed E-state index contributed by atoms with van der Waals surface area (Å²) in [6.07, 6.45) is 3.65. The zero-order valence-electron chi connectivity index (χ0n) is 10.4. The van der Waals surface area contributed by atoms with Crippen LogP contribution in [0.5, 0.6) is 0 Å². The summed E-state index contributed by atoms with van der Waals surface area (Å²) >= 11 is 10.5. The molecule has 0 unspecified atom stereocenters. The molecule has 0 spiro atoms. The molecule has 2 nitrogen and oxygen atoms in total. The van der Waals surface area contributed by atoms with E-state index in [0.29, 0.717) is 0 Å². The first-order chi connectivity index (χ1) is 9.65. The zero-order chi connectivity index (χ0) is 14.1. The Labute approximate surface area is 158 Å². The Morgan fingerprint density at radius 2 is 1.71 bits per heavy atom. The van der Waals surface area contributed by atoms with E-state index in [2.05, 4.69) is 57.8 Å². The van der Waals surface area contributed by atoms with Gasteiger partial charge in [0.1, 0.15) is 0 Å². The van der Waals surface area contributed by atoms with Crippen molar-refractivity contribution in [3.8, 4) is 0 Å². The Bertz CT molecular complexity index is 789. The second-order valence-electron chi connectivity index (χ2n) is 4.21. The summed E-state index contributed by atoms with van der Waals surface area (Å²) < 4.78 is 2.85. The minimum absolute atomic E-state index is 0. The predicted octanol–water partition coefficient (Wildman–Crippen LogP) is 5.83. The fourth-order valence-electron chi connectivity index (χ4n) is 1.95. The molecule has 0 aliphatic heterocycles. The molecule has 3 rings (SSSR count). The fourth-order valence-corrected chi connectivity index (χ4v) is 4.42. The van der Waals surface area contributed by atoms with Crippen LogP contribution in [0.1, 0.15) is 5.56 Å². The number of aliphatic imine (C=N–C) groups is 1. The van der Waals surface area contributed by atoms with Crippen molar-refractivity contribution in [2.24, 2.45) is 4.99 Å². The number of nitrogens with zero attached hydrogens (tertiary/aromatic N) is 2. The average molecular weight is 520 g/mol. The third-order valence-electron chi connectivity index (χ3n) is 2.87. The number of halogens is 3. The fraction of sp³-hybridized carbons (Fsp3) is 0. The first-order valence-electron chi connectivity index (χ1n) is 5.84. The van der Waals surface area contributed by atoms with Crippen molar-refractivity contribution in [1.82, 2.24) is 4.98 Å². The van der Waals surface area contributed by atoms with E-state index in [0.717, 1.165) is 35.6 Å². The van der Waals surface area contributed by atoms with Crippen LogP contribution in [0.15, 0.2) is 61.0 Å². The second kappa shape index (κ2) is 7.25. The van der Waals surface area contributed by atoms with Crippen LogP contribution in [0.3, 0.4) is 0 Å². The van der Waals surface area contributed by atoms with Crippen LogP contribution in [-0.2, 0) is 17.1 Å². The quantitative estimate of drug-likeness (QED) is 0.309. The molecule has 0 N–H and O–H groups in total. The minimum Gasteiger partial charge on any atom is -0.663 e. The van der Waals surface area contributed by atoms with Crippen molar-refractivity contribution in [1.29, 1.82) is 0 Å². The van der Waals surface area contributed by atoms with E-state index in [1.807, 2.05) is 48.8 Å². The molecule has 2 aromatic carbocycles. The number of fused-ring (bicyclic) bond motifs is 1. The van der Waals surface area contributed by atoms with Gasteiger partial charge in [0.05, 0.1) is 5.69 Å². The van der Waals surface area contributed by atoms with Gasteiger partial charge in [-0.1, -0.05) is 40.2 Å². The van der Waals surface area contributed by atoms with E-state index >= 15 is 0 Å². The van der Waals surface area contributed by atoms with Gasteiger partial charge in [-0.25, -0.2) is 0 Å². The molecule has 3 aromatic rings. The largest absolute Gasteiger partial charge is 1.00 e. The molecule has 0 saturated carbocycles. The topological polar surface area (TPSA) is 26.5 Å². The maximum atomic E-state index is 4.57. The van der Waals surface area contributed by atoms with Gasteiger partial charge in [0.25, 0.3) is 0 Å². The molecule has 0 bridgehead atoms. The average Bonchev–Trinajstić information content (AvgIpc) is 2.86. The van der Waals surface area contributed by atoms with E-state index in [4.69, 9.17) is 0 Å². The molecule has 0 amide bonds. The summed E-state index contributed by atoms with van der Waals surface area (Å²) in [7, 11) is 0. The van der Waals surface area contributed by atoms with Crippen molar-refractivity contribution < 1.29 is 17.1 Å². The molecule has 0 aliphatic carbocycles. The van der Waals surface area contributed by atoms with Crippen LogP contribution in [0.4, 0.5) is 5.69 Å². The van der Waals surface area contributed by atoms with Crippen LogP contribution in [0.25, 0.3) is 10.9 Å². The summed E-state index contributed by atoms with van der Waals surface area (Å²) in [5.74, 6) is 0. The van der Waals surface area contributed by atoms with E-state index in [1.165, 1.54) is 0 Å². The van der Waals surface area contributed by atoms with Crippen LogP contribution in [-0.4, -0.2) is 6.21 Å². The summed E-state index contributed by atoms with van der Waals surface area (Å²) in [6.45, 7) is 0.